The predicted molar refractivity (Wildman–Crippen MR) is 248 cm³/mol. The molecule has 1 aliphatic rings. The third-order valence-electron chi connectivity index (χ3n) is 11.5. The maximum Gasteiger partial charge on any atom is 0.472 e. The zero-order valence-electron chi connectivity index (χ0n) is 40.0. The summed E-state index contributed by atoms with van der Waals surface area (Å²) in [5.41, 5.74) is 0. The van der Waals surface area contributed by atoms with E-state index in [0.29, 0.717) is 31.5 Å². The second-order valence-corrected chi connectivity index (χ2v) is 21.5. The summed E-state index contributed by atoms with van der Waals surface area (Å²) >= 11 is 0. The Labute approximate surface area is 398 Å². The highest BCUT2D eigenvalue weighted by molar-refractivity contribution is 7.47. The van der Waals surface area contributed by atoms with E-state index in [-0.39, 0.29) is 13.0 Å². The molecular formula is C44H85O20P3. The topological polar surface area (TPSA) is 320 Å². The molecule has 0 aliphatic heterocycles. The maximum absolute atomic E-state index is 13.1. The molecule has 67 heavy (non-hydrogen) atoms. The first-order valence-corrected chi connectivity index (χ1v) is 29.3. The van der Waals surface area contributed by atoms with Crippen LogP contribution in [0.3, 0.4) is 0 Å². The lowest BCUT2D eigenvalue weighted by atomic mass is 9.85. The van der Waals surface area contributed by atoms with Crippen LogP contribution in [0.5, 0.6) is 0 Å². The average Bonchev–Trinajstić information content (AvgIpc) is 3.24. The van der Waals surface area contributed by atoms with E-state index in [1.54, 1.807) is 0 Å². The number of carbonyl (C=O) groups excluding carboxylic acids is 3. The number of Topliss-reactive ketones (excluding diaryl/α,β-unsaturated/α-hetero) is 1. The van der Waals surface area contributed by atoms with Crippen molar-refractivity contribution < 1.29 is 95.4 Å². The lowest BCUT2D eigenvalue weighted by molar-refractivity contribution is -0.213. The highest BCUT2D eigenvalue weighted by Gasteiger charge is 2.56. The fourth-order valence-electron chi connectivity index (χ4n) is 7.91. The molecule has 1 aliphatic carbocycles. The second kappa shape index (κ2) is 36.7. The molecule has 1 fully saturated rings. The van der Waals surface area contributed by atoms with Crippen LogP contribution >= 0.6 is 23.5 Å². The molecule has 1 rings (SSSR count). The Morgan fingerprint density at radius 2 is 0.866 bits per heavy atom. The third-order valence-corrected chi connectivity index (χ3v) is 13.6. The molecule has 0 spiro atoms. The Bertz CT molecular complexity index is 1480. The first-order valence-electron chi connectivity index (χ1n) is 24.7. The molecule has 0 aromatic rings. The zero-order valence-corrected chi connectivity index (χ0v) is 42.7. The summed E-state index contributed by atoms with van der Waals surface area (Å²) in [4.78, 5) is 85.0. The van der Waals surface area contributed by atoms with Gasteiger partial charge < -0.3 is 49.3 Å². The summed E-state index contributed by atoms with van der Waals surface area (Å²) < 4.78 is 65.5. The lowest BCUT2D eigenvalue weighted by Crippen LogP contribution is -2.65. The van der Waals surface area contributed by atoms with E-state index in [0.717, 1.165) is 89.9 Å². The normalized spacial score (nSPS) is 21.5. The van der Waals surface area contributed by atoms with Crippen molar-refractivity contribution in [3.63, 3.8) is 0 Å². The van der Waals surface area contributed by atoms with Crippen LogP contribution in [0.1, 0.15) is 206 Å². The van der Waals surface area contributed by atoms with Crippen molar-refractivity contribution in [2.75, 3.05) is 13.2 Å². The number of esters is 2. The van der Waals surface area contributed by atoms with Crippen molar-refractivity contribution in [2.24, 2.45) is 0 Å². The quantitative estimate of drug-likeness (QED) is 0.0162. The molecule has 396 valence electrons. The fourth-order valence-corrected chi connectivity index (χ4v) is 10.0. The molecule has 4 unspecified atom stereocenters. The van der Waals surface area contributed by atoms with E-state index in [9.17, 15) is 67.9 Å². The number of hydrogen-bond donors (Lipinski definition) is 8. The number of aliphatic hydroxyl groups is 3. The number of aliphatic hydroxyl groups excluding tert-OH is 3. The molecule has 1 saturated carbocycles. The van der Waals surface area contributed by atoms with Crippen molar-refractivity contribution in [1.82, 2.24) is 0 Å². The van der Waals surface area contributed by atoms with Gasteiger partial charge in [-0.1, -0.05) is 155 Å². The van der Waals surface area contributed by atoms with Crippen LogP contribution in [-0.4, -0.2) is 113 Å². The molecule has 23 heteroatoms. The summed E-state index contributed by atoms with van der Waals surface area (Å²) in [6.07, 6.45) is 11.8. The van der Waals surface area contributed by atoms with Gasteiger partial charge in [-0.25, -0.2) is 13.7 Å². The zero-order chi connectivity index (χ0) is 50.1. The molecule has 0 heterocycles. The first kappa shape index (κ1) is 63.8. The van der Waals surface area contributed by atoms with Crippen molar-refractivity contribution in [2.45, 2.75) is 249 Å². The highest BCUT2D eigenvalue weighted by Crippen LogP contribution is 2.51. The summed E-state index contributed by atoms with van der Waals surface area (Å²) in [5, 5.41) is 31.9. The SMILES string of the molecule is CCCCCCCCCCCCCCCC(=O)O[C@@H](COP(=O)(O)OC1C(O)[C@H](O)C(OP(=O)(O)O)[C@H](OP(=O)(O)O)[C@@H]1O)CC(=O)OCCCCCCCCCCCCCCC(=O)CCC. The van der Waals surface area contributed by atoms with E-state index in [1.807, 2.05) is 6.92 Å². The van der Waals surface area contributed by atoms with Gasteiger partial charge in [-0.15, -0.1) is 0 Å². The lowest BCUT2D eigenvalue weighted by Gasteiger charge is -2.44. The summed E-state index contributed by atoms with van der Waals surface area (Å²) in [6.45, 7) is 3.35. The Balaban J connectivity index is 2.69. The number of ketones is 1. The van der Waals surface area contributed by atoms with Crippen molar-refractivity contribution >= 4 is 41.2 Å². The monoisotopic (exact) mass is 1030 g/mol. The number of rotatable bonds is 43. The number of unbranched alkanes of at least 4 members (excludes halogenated alkanes) is 23. The van der Waals surface area contributed by atoms with Crippen LogP contribution in [-0.2, 0) is 55.6 Å². The van der Waals surface area contributed by atoms with E-state index in [2.05, 4.69) is 16.0 Å². The van der Waals surface area contributed by atoms with Crippen molar-refractivity contribution in [3.8, 4) is 0 Å². The van der Waals surface area contributed by atoms with Gasteiger partial charge in [0.15, 0.2) is 0 Å². The minimum atomic E-state index is -5.61. The smallest absolute Gasteiger partial charge is 0.466 e. The summed E-state index contributed by atoms with van der Waals surface area (Å²) in [5.74, 6) is -1.15. The fraction of sp³-hybridized carbons (Fsp3) is 0.932. The van der Waals surface area contributed by atoms with Crippen LogP contribution in [0.4, 0.5) is 0 Å². The van der Waals surface area contributed by atoms with E-state index < -0.39 is 91.2 Å². The molecule has 8 N–H and O–H groups in total. The van der Waals surface area contributed by atoms with E-state index in [4.69, 9.17) is 18.5 Å². The van der Waals surface area contributed by atoms with Gasteiger partial charge in [0.05, 0.1) is 19.6 Å². The van der Waals surface area contributed by atoms with Gasteiger partial charge in [0.2, 0.25) is 0 Å². The molecule has 0 bridgehead atoms. The van der Waals surface area contributed by atoms with Crippen LogP contribution < -0.4 is 0 Å². The van der Waals surface area contributed by atoms with Gasteiger partial charge in [-0.3, -0.25) is 32.5 Å². The van der Waals surface area contributed by atoms with Crippen LogP contribution in [0.2, 0.25) is 0 Å². The average molecular weight is 1030 g/mol. The Hall–Kier alpha value is -1.18. The minimum Gasteiger partial charge on any atom is -0.466 e. The summed E-state index contributed by atoms with van der Waals surface area (Å²) in [7, 11) is -16.6. The Morgan fingerprint density at radius 3 is 1.31 bits per heavy atom. The molecule has 0 amide bonds. The predicted octanol–water partition coefficient (Wildman–Crippen LogP) is 8.31. The number of hydrogen-bond acceptors (Lipinski definition) is 15. The first-order chi connectivity index (χ1) is 31.7. The van der Waals surface area contributed by atoms with E-state index in [1.165, 1.54) is 64.2 Å². The van der Waals surface area contributed by atoms with Gasteiger partial charge in [0.1, 0.15) is 48.5 Å². The van der Waals surface area contributed by atoms with Crippen LogP contribution in [0, 0.1) is 0 Å². The summed E-state index contributed by atoms with van der Waals surface area (Å²) in [6, 6.07) is 0. The molecular weight excluding hydrogens is 941 g/mol. The number of phosphoric ester groups is 3. The van der Waals surface area contributed by atoms with Crippen molar-refractivity contribution in [3.05, 3.63) is 0 Å². The maximum atomic E-state index is 13.1. The Kier molecular flexibility index (Phi) is 35.0. The van der Waals surface area contributed by atoms with Gasteiger partial charge in [0.25, 0.3) is 0 Å². The largest absolute Gasteiger partial charge is 0.472 e. The van der Waals surface area contributed by atoms with E-state index >= 15 is 0 Å². The Morgan fingerprint density at radius 1 is 0.463 bits per heavy atom. The number of carbonyl (C=O) groups is 3. The standard InChI is InChI=1S/C44H85O20P3/c1-3-5-6-7-8-9-10-11-15-18-21-24-27-31-37(46)61-36(33-38(47)59-32-28-25-22-19-16-13-12-14-17-20-23-26-30-35(45)29-4-2)34-60-67(57,58)64-42-39(48)40(49)43(62-65(51,52)53)44(41(42)50)63-66(54,55)56/h36,39-44,48-50H,3-34H2,1-2H3,(H,57,58)(H2,51,52,53)(H2,54,55,56)/t36-,39?,40+,41-,42?,43?,44-/m1/s1. The van der Waals surface area contributed by atoms with Gasteiger partial charge in [-0.05, 0) is 25.7 Å². The second-order valence-electron chi connectivity index (χ2n) is 17.7. The molecule has 0 saturated heterocycles. The molecule has 20 nitrogen and oxygen atoms in total. The molecule has 0 radical (unpaired) electrons. The van der Waals surface area contributed by atoms with Gasteiger partial charge in [0, 0.05) is 19.3 Å². The number of phosphoric acid groups is 3. The molecule has 8 atom stereocenters. The van der Waals surface area contributed by atoms with Gasteiger partial charge >= 0.3 is 35.4 Å². The van der Waals surface area contributed by atoms with Crippen LogP contribution in [0.25, 0.3) is 0 Å². The third kappa shape index (κ3) is 33.2. The minimum absolute atomic E-state index is 0.0177. The van der Waals surface area contributed by atoms with Gasteiger partial charge in [-0.2, -0.15) is 0 Å². The highest BCUT2D eigenvalue weighted by atomic mass is 31.2. The molecule has 0 aromatic carbocycles. The molecule has 0 aromatic heterocycles. The van der Waals surface area contributed by atoms with Crippen LogP contribution in [0.15, 0.2) is 0 Å². The number of ether oxygens (including phenoxy) is 2. The van der Waals surface area contributed by atoms with Crippen molar-refractivity contribution in [1.29, 1.82) is 0 Å².